The van der Waals surface area contributed by atoms with Crippen molar-refractivity contribution in [1.82, 2.24) is 5.32 Å². The fraction of sp³-hybridized carbons (Fsp3) is 0.625. The molecule has 2 rings (SSSR count). The zero-order valence-electron chi connectivity index (χ0n) is 21.9. The van der Waals surface area contributed by atoms with Crippen molar-refractivity contribution in [3.8, 4) is 0 Å². The molecule has 0 bridgehead atoms. The van der Waals surface area contributed by atoms with Crippen LogP contribution in [0.15, 0.2) is 35.4 Å². The number of amides is 1. The third-order valence-electron chi connectivity index (χ3n) is 6.48. The van der Waals surface area contributed by atoms with Crippen molar-refractivity contribution in [3.05, 3.63) is 46.3 Å². The quantitative estimate of drug-likeness (QED) is 0.131. The van der Waals surface area contributed by atoms with Gasteiger partial charge in [0.2, 0.25) is 0 Å². The SMILES string of the molecule is CC(=O)O[C@@H]1[C@@H](OC(C)=O)[C@H](N=[N+]=[N-])C[C@H](NC(=O)OCc2ccccc2)[C@H]1O[Si](C)(C)C(C)(C)C. The van der Waals surface area contributed by atoms with Gasteiger partial charge in [-0.05, 0) is 35.6 Å². The summed E-state index contributed by atoms with van der Waals surface area (Å²) in [4.78, 5) is 39.6. The molecule has 0 aromatic heterocycles. The number of alkyl carbamates (subject to hydrolysis) is 1. The average Bonchev–Trinajstić information content (AvgIpc) is 2.76. The minimum absolute atomic E-state index is 0.0520. The van der Waals surface area contributed by atoms with E-state index in [0.29, 0.717) is 0 Å². The van der Waals surface area contributed by atoms with E-state index in [-0.39, 0.29) is 18.1 Å². The van der Waals surface area contributed by atoms with E-state index in [1.807, 2.05) is 64.2 Å². The van der Waals surface area contributed by atoms with Crippen LogP contribution < -0.4 is 5.32 Å². The number of esters is 2. The van der Waals surface area contributed by atoms with Crippen molar-refractivity contribution >= 4 is 26.3 Å². The molecule has 0 saturated heterocycles. The molecule has 12 heteroatoms. The molecule has 0 heterocycles. The highest BCUT2D eigenvalue weighted by Gasteiger charge is 2.53. The van der Waals surface area contributed by atoms with Gasteiger partial charge in [0.25, 0.3) is 0 Å². The zero-order chi connectivity index (χ0) is 27.1. The Bertz CT molecular complexity index is 976. The van der Waals surface area contributed by atoms with E-state index in [0.717, 1.165) is 5.56 Å². The molecule has 0 spiro atoms. The van der Waals surface area contributed by atoms with E-state index >= 15 is 0 Å². The number of ether oxygens (including phenoxy) is 3. The Morgan fingerprint density at radius 3 is 2.17 bits per heavy atom. The van der Waals surface area contributed by atoms with E-state index in [2.05, 4.69) is 15.3 Å². The molecule has 1 amide bonds. The Labute approximate surface area is 212 Å². The lowest BCUT2D eigenvalue weighted by atomic mass is 9.84. The van der Waals surface area contributed by atoms with Crippen LogP contribution in [0.3, 0.4) is 0 Å². The molecule has 198 valence electrons. The maximum absolute atomic E-state index is 12.8. The van der Waals surface area contributed by atoms with Crippen LogP contribution in [0, 0.1) is 0 Å². The predicted molar refractivity (Wildman–Crippen MR) is 134 cm³/mol. The van der Waals surface area contributed by atoms with Gasteiger partial charge in [-0.25, -0.2) is 4.79 Å². The summed E-state index contributed by atoms with van der Waals surface area (Å²) in [6, 6.07) is 7.52. The van der Waals surface area contributed by atoms with Crippen molar-refractivity contribution in [2.45, 2.75) is 96.2 Å². The standard InChI is InChI=1S/C24H36N4O7Si/c1-15(29)33-20-19(27-28-25)13-18(26-23(31)32-14-17-11-9-8-10-12-17)21(22(20)34-16(2)30)35-36(6,7)24(3,4)5/h8-12,18-22H,13-14H2,1-7H3,(H,26,31)/t18-,19+,20-,21+,22+/m0/s1. The maximum Gasteiger partial charge on any atom is 0.407 e. The van der Waals surface area contributed by atoms with E-state index in [1.54, 1.807) is 0 Å². The normalized spacial score (nSPS) is 24.1. The largest absolute Gasteiger partial charge is 0.458 e. The summed E-state index contributed by atoms with van der Waals surface area (Å²) < 4.78 is 23.1. The average molecular weight is 521 g/mol. The first-order chi connectivity index (χ1) is 16.7. The van der Waals surface area contributed by atoms with Gasteiger partial charge < -0.3 is 24.0 Å². The van der Waals surface area contributed by atoms with Gasteiger partial charge in [0, 0.05) is 18.8 Å². The van der Waals surface area contributed by atoms with Crippen molar-refractivity contribution in [2.24, 2.45) is 5.11 Å². The first kappa shape index (κ1) is 29.1. The number of rotatable bonds is 8. The van der Waals surface area contributed by atoms with E-state index in [1.165, 1.54) is 13.8 Å². The maximum atomic E-state index is 12.8. The summed E-state index contributed by atoms with van der Waals surface area (Å²) in [6.07, 6.45) is -3.72. The van der Waals surface area contributed by atoms with Crippen LogP contribution >= 0.6 is 0 Å². The molecule has 1 N–H and O–H groups in total. The number of nitrogens with one attached hydrogen (secondary N) is 1. The highest BCUT2D eigenvalue weighted by Crippen LogP contribution is 2.40. The highest BCUT2D eigenvalue weighted by molar-refractivity contribution is 6.74. The van der Waals surface area contributed by atoms with Gasteiger partial charge in [0.15, 0.2) is 14.4 Å². The molecule has 1 saturated carbocycles. The number of hydrogen-bond acceptors (Lipinski definition) is 8. The number of carbonyl (C=O) groups excluding carboxylic acids is 3. The lowest BCUT2D eigenvalue weighted by molar-refractivity contribution is -0.183. The fourth-order valence-corrected chi connectivity index (χ4v) is 5.06. The molecular formula is C24H36N4O7Si. The first-order valence-corrected chi connectivity index (χ1v) is 14.7. The third kappa shape index (κ3) is 7.97. The number of nitrogens with zero attached hydrogens (tertiary/aromatic N) is 3. The molecule has 0 aliphatic heterocycles. The lowest BCUT2D eigenvalue weighted by Crippen LogP contribution is -2.65. The van der Waals surface area contributed by atoms with Crippen molar-refractivity contribution in [2.75, 3.05) is 0 Å². The first-order valence-electron chi connectivity index (χ1n) is 11.8. The smallest absolute Gasteiger partial charge is 0.407 e. The van der Waals surface area contributed by atoms with Gasteiger partial charge in [-0.1, -0.05) is 56.2 Å². The van der Waals surface area contributed by atoms with E-state index < -0.39 is 56.7 Å². The molecule has 5 atom stereocenters. The van der Waals surface area contributed by atoms with Crippen molar-refractivity contribution < 1.29 is 33.0 Å². The monoisotopic (exact) mass is 520 g/mol. The minimum atomic E-state index is -2.49. The molecule has 0 unspecified atom stereocenters. The summed E-state index contributed by atoms with van der Waals surface area (Å²) >= 11 is 0. The summed E-state index contributed by atoms with van der Waals surface area (Å²) in [5, 5.41) is 6.36. The Morgan fingerprint density at radius 1 is 1.06 bits per heavy atom. The molecule has 0 radical (unpaired) electrons. The minimum Gasteiger partial charge on any atom is -0.458 e. The number of azide groups is 1. The second kappa shape index (κ2) is 12.2. The summed E-state index contributed by atoms with van der Waals surface area (Å²) in [7, 11) is -2.49. The Balaban J connectivity index is 2.42. The van der Waals surface area contributed by atoms with E-state index in [4.69, 9.17) is 24.2 Å². The predicted octanol–water partition coefficient (Wildman–Crippen LogP) is 4.62. The van der Waals surface area contributed by atoms with Gasteiger partial charge in [-0.15, -0.1) is 0 Å². The van der Waals surface area contributed by atoms with Crippen LogP contribution in [0.25, 0.3) is 10.4 Å². The lowest BCUT2D eigenvalue weighted by Gasteiger charge is -2.48. The molecule has 1 aromatic rings. The van der Waals surface area contributed by atoms with Gasteiger partial charge in [0.05, 0.1) is 12.1 Å². The molecule has 1 aromatic carbocycles. The van der Waals surface area contributed by atoms with Gasteiger partial charge in [0.1, 0.15) is 18.8 Å². The van der Waals surface area contributed by atoms with Crippen molar-refractivity contribution in [1.29, 1.82) is 0 Å². The van der Waals surface area contributed by atoms with Crippen LogP contribution in [-0.2, 0) is 34.8 Å². The molecule has 1 fully saturated rings. The molecule has 36 heavy (non-hydrogen) atoms. The molecule has 11 nitrogen and oxygen atoms in total. The van der Waals surface area contributed by atoms with Crippen molar-refractivity contribution in [3.63, 3.8) is 0 Å². The molecule has 1 aliphatic rings. The van der Waals surface area contributed by atoms with Crippen LogP contribution in [-0.4, -0.2) is 56.7 Å². The van der Waals surface area contributed by atoms with Gasteiger partial charge in [-0.3, -0.25) is 9.59 Å². The summed E-state index contributed by atoms with van der Waals surface area (Å²) in [6.45, 7) is 12.7. The van der Waals surface area contributed by atoms with Crippen LogP contribution in [0.4, 0.5) is 4.79 Å². The molecular weight excluding hydrogens is 484 g/mol. The molecule has 1 aliphatic carbocycles. The Hall–Kier alpha value is -3.08. The summed E-state index contributed by atoms with van der Waals surface area (Å²) in [5.74, 6) is -1.26. The summed E-state index contributed by atoms with van der Waals surface area (Å²) in [5.41, 5.74) is 9.96. The van der Waals surface area contributed by atoms with Crippen LogP contribution in [0.2, 0.25) is 18.1 Å². The number of benzene rings is 1. The van der Waals surface area contributed by atoms with Gasteiger partial charge in [-0.2, -0.15) is 0 Å². The Morgan fingerprint density at radius 2 is 1.64 bits per heavy atom. The highest BCUT2D eigenvalue weighted by atomic mass is 28.4. The third-order valence-corrected chi connectivity index (χ3v) is 10.9. The second-order valence-corrected chi connectivity index (χ2v) is 15.1. The van der Waals surface area contributed by atoms with Crippen LogP contribution in [0.1, 0.15) is 46.6 Å². The van der Waals surface area contributed by atoms with Gasteiger partial charge >= 0.3 is 18.0 Å². The number of carbonyl (C=O) groups is 3. The zero-order valence-corrected chi connectivity index (χ0v) is 22.9. The van der Waals surface area contributed by atoms with E-state index in [9.17, 15) is 14.4 Å². The Kier molecular flexibility index (Phi) is 9.91. The topological polar surface area (TPSA) is 149 Å². The number of hydrogen-bond donors (Lipinski definition) is 1. The van der Waals surface area contributed by atoms with Crippen LogP contribution in [0.5, 0.6) is 0 Å². The second-order valence-electron chi connectivity index (χ2n) is 10.3. The fourth-order valence-electron chi connectivity index (χ4n) is 3.73.